The second kappa shape index (κ2) is 12.5. The lowest BCUT2D eigenvalue weighted by molar-refractivity contribution is 0.215. The smallest absolute Gasteiger partial charge is 0.125 e. The van der Waals surface area contributed by atoms with Crippen LogP contribution in [0, 0.1) is 13.8 Å². The lowest BCUT2D eigenvalue weighted by Crippen LogP contribution is -2.07. The van der Waals surface area contributed by atoms with Crippen LogP contribution in [0.1, 0.15) is 30.0 Å². The number of hydrogen-bond acceptors (Lipinski definition) is 5. The van der Waals surface area contributed by atoms with Gasteiger partial charge >= 0.3 is 0 Å². The molecule has 0 aromatic heterocycles. The minimum absolute atomic E-state index is 0.577. The van der Waals surface area contributed by atoms with Crippen molar-refractivity contribution in [3.05, 3.63) is 65.2 Å². The summed E-state index contributed by atoms with van der Waals surface area (Å²) < 4.78 is 17.6. The van der Waals surface area contributed by atoms with Gasteiger partial charge < -0.3 is 19.0 Å². The Labute approximate surface area is 173 Å². The van der Waals surface area contributed by atoms with E-state index in [-0.39, 0.29) is 0 Å². The van der Waals surface area contributed by atoms with Crippen LogP contribution in [0.3, 0.4) is 0 Å². The number of allylic oxidation sites excluding steroid dienone is 1. The highest BCUT2D eigenvalue weighted by Crippen LogP contribution is 2.28. The van der Waals surface area contributed by atoms with Crippen molar-refractivity contribution >= 4 is 6.21 Å². The minimum Gasteiger partial charge on any atom is -0.493 e. The Bertz CT molecular complexity index is 791. The van der Waals surface area contributed by atoms with E-state index >= 15 is 0 Å². The van der Waals surface area contributed by atoms with Gasteiger partial charge in [0.15, 0.2) is 0 Å². The van der Waals surface area contributed by atoms with Gasteiger partial charge in [0.05, 0.1) is 13.2 Å². The second-order valence-corrected chi connectivity index (χ2v) is 6.64. The van der Waals surface area contributed by atoms with Crippen molar-refractivity contribution in [2.24, 2.45) is 5.16 Å². The van der Waals surface area contributed by atoms with Crippen molar-refractivity contribution in [3.63, 3.8) is 0 Å². The van der Waals surface area contributed by atoms with Crippen LogP contribution in [0.15, 0.2) is 53.7 Å². The minimum atomic E-state index is 0.577. The quantitative estimate of drug-likeness (QED) is 0.212. The van der Waals surface area contributed by atoms with Crippen molar-refractivity contribution in [2.45, 2.75) is 33.6 Å². The van der Waals surface area contributed by atoms with Gasteiger partial charge in [-0.25, -0.2) is 0 Å². The largest absolute Gasteiger partial charge is 0.493 e. The zero-order valence-corrected chi connectivity index (χ0v) is 17.8. The van der Waals surface area contributed by atoms with Crippen LogP contribution in [0.2, 0.25) is 0 Å². The fourth-order valence-corrected chi connectivity index (χ4v) is 2.86. The van der Waals surface area contributed by atoms with E-state index in [9.17, 15) is 0 Å². The molecule has 0 amide bonds. The molecule has 0 radical (unpaired) electrons. The molecule has 0 aliphatic carbocycles. The first-order valence-electron chi connectivity index (χ1n) is 9.88. The third kappa shape index (κ3) is 7.90. The van der Waals surface area contributed by atoms with E-state index in [0.717, 1.165) is 40.4 Å². The number of ether oxygens (including phenoxy) is 3. The Morgan fingerprint density at radius 1 is 0.931 bits per heavy atom. The van der Waals surface area contributed by atoms with Crippen molar-refractivity contribution in [1.82, 2.24) is 0 Å². The Balaban J connectivity index is 1.78. The summed E-state index contributed by atoms with van der Waals surface area (Å²) in [6, 6.07) is 12.0. The van der Waals surface area contributed by atoms with Gasteiger partial charge in [-0.05, 0) is 61.7 Å². The summed E-state index contributed by atoms with van der Waals surface area (Å²) in [5.74, 6) is 2.63. The number of aryl methyl sites for hydroxylation is 2. The fourth-order valence-electron chi connectivity index (χ4n) is 2.86. The molecule has 29 heavy (non-hydrogen) atoms. The lowest BCUT2D eigenvalue weighted by Gasteiger charge is -2.14. The summed E-state index contributed by atoms with van der Waals surface area (Å²) in [7, 11) is 1.54. The molecule has 0 aliphatic heterocycles. The summed E-state index contributed by atoms with van der Waals surface area (Å²) in [5, 5.41) is 3.76. The van der Waals surface area contributed by atoms with Gasteiger partial charge in [0.1, 0.15) is 31.0 Å². The number of hydrogen-bond donors (Lipinski definition) is 0. The van der Waals surface area contributed by atoms with E-state index in [4.69, 9.17) is 14.2 Å². The molecule has 0 fully saturated rings. The number of benzene rings is 2. The molecule has 0 spiro atoms. The van der Waals surface area contributed by atoms with Gasteiger partial charge in [0.25, 0.3) is 0 Å². The van der Waals surface area contributed by atoms with E-state index in [1.165, 1.54) is 7.11 Å². The Morgan fingerprint density at radius 3 is 2.41 bits per heavy atom. The first kappa shape index (κ1) is 22.3. The topological polar surface area (TPSA) is 49.3 Å². The molecule has 0 heterocycles. The van der Waals surface area contributed by atoms with Gasteiger partial charge in [-0.3, -0.25) is 0 Å². The summed E-state index contributed by atoms with van der Waals surface area (Å²) in [5.41, 5.74) is 3.28. The molecule has 2 aromatic carbocycles. The van der Waals surface area contributed by atoms with Crippen LogP contribution in [0.5, 0.6) is 17.2 Å². The Morgan fingerprint density at radius 2 is 1.69 bits per heavy atom. The highest BCUT2D eigenvalue weighted by Gasteiger charge is 2.07. The molecule has 0 atom stereocenters. The van der Waals surface area contributed by atoms with Crippen LogP contribution in [-0.2, 0) is 11.3 Å². The highest BCUT2D eigenvalue weighted by atomic mass is 16.6. The molecule has 156 valence electrons. The maximum atomic E-state index is 5.99. The standard InChI is InChI=1S/C24H31NO4/c1-5-6-13-28-23-16-19(2)24(20(3)17-23)29-15-8-14-27-22-10-7-9-21(18-22)11-12-25-26-4/h5-7,9-10,12,16-18H,8,11,13-15H2,1-4H3/b6-5+,25-12+. The van der Waals surface area contributed by atoms with Gasteiger partial charge in [0.2, 0.25) is 0 Å². The van der Waals surface area contributed by atoms with E-state index in [0.29, 0.717) is 26.2 Å². The van der Waals surface area contributed by atoms with Crippen molar-refractivity contribution in [1.29, 1.82) is 0 Å². The third-order valence-corrected chi connectivity index (χ3v) is 4.22. The van der Waals surface area contributed by atoms with Crippen molar-refractivity contribution in [2.75, 3.05) is 26.9 Å². The third-order valence-electron chi connectivity index (χ3n) is 4.22. The first-order chi connectivity index (χ1) is 14.1. The summed E-state index contributed by atoms with van der Waals surface area (Å²) in [6.07, 6.45) is 7.20. The second-order valence-electron chi connectivity index (χ2n) is 6.64. The van der Waals surface area contributed by atoms with Crippen LogP contribution in [0.4, 0.5) is 0 Å². The molecule has 0 N–H and O–H groups in total. The van der Waals surface area contributed by atoms with Gasteiger partial charge in [-0.1, -0.05) is 29.4 Å². The predicted octanol–water partition coefficient (Wildman–Crippen LogP) is 5.28. The molecule has 5 nitrogen and oxygen atoms in total. The maximum absolute atomic E-state index is 5.99. The van der Waals surface area contributed by atoms with Crippen LogP contribution < -0.4 is 14.2 Å². The molecule has 2 aromatic rings. The zero-order chi connectivity index (χ0) is 20.9. The molecule has 0 aliphatic rings. The lowest BCUT2D eigenvalue weighted by atomic mass is 10.1. The van der Waals surface area contributed by atoms with Crippen LogP contribution in [0.25, 0.3) is 0 Å². The molecule has 5 heteroatoms. The molecule has 2 rings (SSSR count). The molecule has 0 bridgehead atoms. The van der Waals surface area contributed by atoms with E-state index in [1.807, 2.05) is 69.3 Å². The Kier molecular flexibility index (Phi) is 9.63. The van der Waals surface area contributed by atoms with Gasteiger partial charge in [-0.2, -0.15) is 0 Å². The maximum Gasteiger partial charge on any atom is 0.125 e. The number of rotatable bonds is 12. The number of nitrogens with zero attached hydrogens (tertiary/aromatic N) is 1. The summed E-state index contributed by atoms with van der Waals surface area (Å²) in [6.45, 7) is 7.83. The zero-order valence-electron chi connectivity index (χ0n) is 17.8. The fraction of sp³-hybridized carbons (Fsp3) is 0.375. The average Bonchev–Trinajstić information content (AvgIpc) is 2.70. The van der Waals surface area contributed by atoms with Crippen molar-refractivity contribution < 1.29 is 19.0 Å². The van der Waals surface area contributed by atoms with Crippen molar-refractivity contribution in [3.8, 4) is 17.2 Å². The van der Waals surface area contributed by atoms with Gasteiger partial charge in [0, 0.05) is 19.1 Å². The van der Waals surface area contributed by atoms with Crippen LogP contribution >= 0.6 is 0 Å². The molecular formula is C24H31NO4. The summed E-state index contributed by atoms with van der Waals surface area (Å²) >= 11 is 0. The van der Waals surface area contributed by atoms with Gasteiger partial charge in [-0.15, -0.1) is 0 Å². The van der Waals surface area contributed by atoms with Crippen LogP contribution in [-0.4, -0.2) is 33.1 Å². The number of oxime groups is 1. The van der Waals surface area contributed by atoms with E-state index < -0.39 is 0 Å². The molecule has 0 saturated carbocycles. The normalized spacial score (nSPS) is 11.2. The molecule has 0 unspecified atom stereocenters. The monoisotopic (exact) mass is 397 g/mol. The first-order valence-corrected chi connectivity index (χ1v) is 9.88. The van der Waals surface area contributed by atoms with E-state index in [1.54, 1.807) is 6.21 Å². The Hall–Kier alpha value is -2.95. The molecule has 0 saturated heterocycles. The molecular weight excluding hydrogens is 366 g/mol. The van der Waals surface area contributed by atoms with E-state index in [2.05, 4.69) is 9.99 Å². The highest BCUT2D eigenvalue weighted by molar-refractivity contribution is 5.61. The predicted molar refractivity (Wildman–Crippen MR) is 117 cm³/mol. The SMILES string of the molecule is C/C=C/COc1cc(C)c(OCCCOc2cccc(C/C=N/OC)c2)c(C)c1. The summed E-state index contributed by atoms with van der Waals surface area (Å²) in [4.78, 5) is 4.68. The average molecular weight is 398 g/mol.